The van der Waals surface area contributed by atoms with Gasteiger partial charge < -0.3 is 14.8 Å². The largest absolute Gasteiger partial charge is 0.507 e. The molecule has 0 aliphatic carbocycles. The number of H-pyrrole nitrogens is 1. The van der Waals surface area contributed by atoms with Gasteiger partial charge in [-0.3, -0.25) is 4.79 Å². The fraction of sp³-hybridized carbons (Fsp3) is 0.353. The lowest BCUT2D eigenvalue weighted by Crippen LogP contribution is -2.20. The molecule has 0 unspecified atom stereocenters. The van der Waals surface area contributed by atoms with E-state index in [0.29, 0.717) is 11.5 Å². The lowest BCUT2D eigenvalue weighted by molar-refractivity contribution is 0.0662. The first-order chi connectivity index (χ1) is 10.2. The zero-order valence-electron chi connectivity index (χ0n) is 11.8. The number of pyridine rings is 1. The summed E-state index contributed by atoms with van der Waals surface area (Å²) in [4.78, 5) is 15.2. The number of hydrogen-bond acceptors (Lipinski definition) is 3. The molecule has 110 valence electrons. The molecule has 2 aromatic rings. The number of rotatable bonds is 3. The van der Waals surface area contributed by atoms with Gasteiger partial charge in [-0.25, -0.2) is 0 Å². The highest BCUT2D eigenvalue weighted by Crippen LogP contribution is 2.27. The Labute approximate surface area is 123 Å². The van der Waals surface area contributed by atoms with E-state index in [4.69, 9.17) is 4.74 Å². The maximum atomic E-state index is 12.3. The molecule has 1 aromatic carbocycles. The van der Waals surface area contributed by atoms with Crippen LogP contribution in [0.15, 0.2) is 41.2 Å². The highest BCUT2D eigenvalue weighted by molar-refractivity contribution is 5.68. The van der Waals surface area contributed by atoms with Gasteiger partial charge in [0.1, 0.15) is 5.75 Å². The van der Waals surface area contributed by atoms with Crippen LogP contribution in [-0.4, -0.2) is 23.3 Å². The molecule has 4 nitrogen and oxygen atoms in total. The standard InChI is InChI=1S/C17H19NO3/c19-15-11-14(10-12-6-8-21-9-7-12)18-17(20)16(15)13-4-2-1-3-5-13/h1-5,11-12H,6-10H2,(H2,18,19,20). The van der Waals surface area contributed by atoms with Gasteiger partial charge in [-0.15, -0.1) is 0 Å². The highest BCUT2D eigenvalue weighted by atomic mass is 16.5. The third kappa shape index (κ3) is 3.16. The number of aromatic hydroxyl groups is 1. The summed E-state index contributed by atoms with van der Waals surface area (Å²) in [6.07, 6.45) is 2.79. The molecule has 21 heavy (non-hydrogen) atoms. The maximum Gasteiger partial charge on any atom is 0.259 e. The second kappa shape index (κ2) is 6.14. The van der Waals surface area contributed by atoms with E-state index < -0.39 is 0 Å². The van der Waals surface area contributed by atoms with Crippen LogP contribution in [0, 0.1) is 5.92 Å². The summed E-state index contributed by atoms with van der Waals surface area (Å²) in [6.45, 7) is 1.56. The number of benzene rings is 1. The summed E-state index contributed by atoms with van der Waals surface area (Å²) in [5.74, 6) is 0.559. The summed E-state index contributed by atoms with van der Waals surface area (Å²) in [6, 6.07) is 10.9. The van der Waals surface area contributed by atoms with Crippen molar-refractivity contribution in [3.05, 3.63) is 52.4 Å². The molecule has 1 aliphatic rings. The van der Waals surface area contributed by atoms with Crippen molar-refractivity contribution in [1.82, 2.24) is 4.98 Å². The topological polar surface area (TPSA) is 62.3 Å². The van der Waals surface area contributed by atoms with Crippen molar-refractivity contribution < 1.29 is 9.84 Å². The van der Waals surface area contributed by atoms with E-state index in [1.165, 1.54) is 0 Å². The van der Waals surface area contributed by atoms with Crippen LogP contribution in [0.3, 0.4) is 0 Å². The van der Waals surface area contributed by atoms with Crippen molar-refractivity contribution in [3.63, 3.8) is 0 Å². The molecule has 0 bridgehead atoms. The van der Waals surface area contributed by atoms with Crippen molar-refractivity contribution in [1.29, 1.82) is 0 Å². The Morgan fingerprint density at radius 2 is 1.90 bits per heavy atom. The quantitative estimate of drug-likeness (QED) is 0.911. The Kier molecular flexibility index (Phi) is 4.06. The van der Waals surface area contributed by atoms with E-state index in [1.807, 2.05) is 30.3 Å². The van der Waals surface area contributed by atoms with Gasteiger partial charge >= 0.3 is 0 Å². The molecule has 0 radical (unpaired) electrons. The van der Waals surface area contributed by atoms with Gasteiger partial charge in [0.2, 0.25) is 0 Å². The van der Waals surface area contributed by atoms with Crippen molar-refractivity contribution in [2.75, 3.05) is 13.2 Å². The second-order valence-electron chi connectivity index (χ2n) is 5.51. The first kappa shape index (κ1) is 13.9. The number of aromatic nitrogens is 1. The molecule has 1 aromatic heterocycles. The van der Waals surface area contributed by atoms with Crippen molar-refractivity contribution >= 4 is 0 Å². The molecule has 1 aliphatic heterocycles. The Morgan fingerprint density at radius 3 is 2.57 bits per heavy atom. The average molecular weight is 285 g/mol. The molecular weight excluding hydrogens is 266 g/mol. The average Bonchev–Trinajstić information content (AvgIpc) is 2.49. The molecule has 0 saturated carbocycles. The van der Waals surface area contributed by atoms with Crippen LogP contribution in [0.25, 0.3) is 11.1 Å². The first-order valence-corrected chi connectivity index (χ1v) is 7.32. The minimum absolute atomic E-state index is 0.0482. The number of ether oxygens (including phenoxy) is 1. The highest BCUT2D eigenvalue weighted by Gasteiger charge is 2.17. The number of aromatic amines is 1. The Hall–Kier alpha value is -2.07. The van der Waals surface area contributed by atoms with Crippen molar-refractivity contribution in [2.45, 2.75) is 19.3 Å². The molecular formula is C17H19NO3. The molecule has 0 spiro atoms. The summed E-state index contributed by atoms with van der Waals surface area (Å²) in [7, 11) is 0. The van der Waals surface area contributed by atoms with Gasteiger partial charge in [-0.05, 0) is 30.7 Å². The van der Waals surface area contributed by atoms with Crippen LogP contribution in [0.4, 0.5) is 0 Å². The lowest BCUT2D eigenvalue weighted by Gasteiger charge is -2.21. The van der Waals surface area contributed by atoms with Crippen LogP contribution >= 0.6 is 0 Å². The SMILES string of the molecule is O=c1[nH]c(CC2CCOCC2)cc(O)c1-c1ccccc1. The van der Waals surface area contributed by atoms with E-state index in [-0.39, 0.29) is 11.3 Å². The Morgan fingerprint density at radius 1 is 1.19 bits per heavy atom. The molecule has 2 N–H and O–H groups in total. The number of nitrogens with one attached hydrogen (secondary N) is 1. The van der Waals surface area contributed by atoms with E-state index in [0.717, 1.165) is 43.7 Å². The fourth-order valence-electron chi connectivity index (χ4n) is 2.85. The maximum absolute atomic E-state index is 12.3. The van der Waals surface area contributed by atoms with E-state index >= 15 is 0 Å². The van der Waals surface area contributed by atoms with Crippen LogP contribution in [-0.2, 0) is 11.2 Å². The van der Waals surface area contributed by atoms with Crippen LogP contribution in [0.1, 0.15) is 18.5 Å². The van der Waals surface area contributed by atoms with Crippen LogP contribution in [0.5, 0.6) is 5.75 Å². The van der Waals surface area contributed by atoms with Gasteiger partial charge in [0.25, 0.3) is 5.56 Å². The van der Waals surface area contributed by atoms with Crippen LogP contribution in [0.2, 0.25) is 0 Å². The molecule has 0 amide bonds. The van der Waals surface area contributed by atoms with E-state index in [2.05, 4.69) is 4.98 Å². The molecule has 1 fully saturated rings. The van der Waals surface area contributed by atoms with Gasteiger partial charge in [0, 0.05) is 25.0 Å². The molecule has 3 rings (SSSR count). The Bertz CT molecular complexity index is 657. The summed E-state index contributed by atoms with van der Waals surface area (Å²) >= 11 is 0. The third-order valence-electron chi connectivity index (χ3n) is 3.98. The normalized spacial score (nSPS) is 16.0. The fourth-order valence-corrected chi connectivity index (χ4v) is 2.85. The predicted molar refractivity (Wildman–Crippen MR) is 81.4 cm³/mol. The number of hydrogen-bond donors (Lipinski definition) is 2. The van der Waals surface area contributed by atoms with Gasteiger partial charge in [-0.2, -0.15) is 0 Å². The van der Waals surface area contributed by atoms with E-state index in [1.54, 1.807) is 6.07 Å². The minimum Gasteiger partial charge on any atom is -0.507 e. The summed E-state index contributed by atoms with van der Waals surface area (Å²) in [5, 5.41) is 10.2. The third-order valence-corrected chi connectivity index (χ3v) is 3.98. The lowest BCUT2D eigenvalue weighted by atomic mass is 9.94. The molecule has 0 atom stereocenters. The van der Waals surface area contributed by atoms with Crippen LogP contribution < -0.4 is 5.56 Å². The zero-order valence-corrected chi connectivity index (χ0v) is 11.8. The minimum atomic E-state index is -0.233. The van der Waals surface area contributed by atoms with Gasteiger partial charge in [-0.1, -0.05) is 30.3 Å². The summed E-state index contributed by atoms with van der Waals surface area (Å²) in [5.41, 5.74) is 1.63. The Balaban J connectivity index is 1.87. The monoisotopic (exact) mass is 285 g/mol. The van der Waals surface area contributed by atoms with Crippen molar-refractivity contribution in [3.8, 4) is 16.9 Å². The van der Waals surface area contributed by atoms with E-state index in [9.17, 15) is 9.90 Å². The zero-order chi connectivity index (χ0) is 14.7. The molecule has 1 saturated heterocycles. The first-order valence-electron chi connectivity index (χ1n) is 7.32. The molecule has 4 heteroatoms. The van der Waals surface area contributed by atoms with Crippen molar-refractivity contribution in [2.24, 2.45) is 5.92 Å². The van der Waals surface area contributed by atoms with Gasteiger partial charge in [0.15, 0.2) is 0 Å². The smallest absolute Gasteiger partial charge is 0.259 e. The van der Waals surface area contributed by atoms with Gasteiger partial charge in [0.05, 0.1) is 5.56 Å². The second-order valence-corrected chi connectivity index (χ2v) is 5.51. The predicted octanol–water partition coefficient (Wildman–Crippen LogP) is 2.72. The molecule has 2 heterocycles. The summed E-state index contributed by atoms with van der Waals surface area (Å²) < 4.78 is 5.34.